The summed E-state index contributed by atoms with van der Waals surface area (Å²) in [5.74, 6) is 0.204. The topological polar surface area (TPSA) is 60.4 Å². The van der Waals surface area contributed by atoms with Gasteiger partial charge >= 0.3 is 0 Å². The first-order chi connectivity index (χ1) is 8.37. The molecule has 0 aliphatic carbocycles. The lowest BCUT2D eigenvalue weighted by Crippen LogP contribution is -2.40. The quantitative estimate of drug-likeness (QED) is 0.748. The van der Waals surface area contributed by atoms with E-state index in [2.05, 4.69) is 4.99 Å². The van der Waals surface area contributed by atoms with E-state index in [0.717, 1.165) is 5.84 Å². The monoisotopic (exact) mass is 256 g/mol. The molecule has 1 saturated heterocycles. The van der Waals surface area contributed by atoms with Crippen LogP contribution in [0.5, 0.6) is 0 Å². The van der Waals surface area contributed by atoms with Gasteiger partial charge in [0.25, 0.3) is 0 Å². The van der Waals surface area contributed by atoms with E-state index in [1.807, 2.05) is 20.8 Å². The van der Waals surface area contributed by atoms with Crippen molar-refractivity contribution in [1.82, 2.24) is 4.90 Å². The molecule has 2 aliphatic heterocycles. The average molecular weight is 256 g/mol. The van der Waals surface area contributed by atoms with Gasteiger partial charge in [-0.2, -0.15) is 0 Å². The predicted molar refractivity (Wildman–Crippen MR) is 65.1 cm³/mol. The van der Waals surface area contributed by atoms with Crippen LogP contribution in [0.15, 0.2) is 4.99 Å². The maximum atomic E-state index is 11.6. The highest BCUT2D eigenvalue weighted by molar-refractivity contribution is 5.98. The SMILES string of the molecule is CC1=NC(COC2COC(C)(C)O2)CC(=O)N1C. The highest BCUT2D eigenvalue weighted by Crippen LogP contribution is 2.23. The third-order valence-electron chi connectivity index (χ3n) is 3.10. The summed E-state index contributed by atoms with van der Waals surface area (Å²) in [5.41, 5.74) is 0. The van der Waals surface area contributed by atoms with Crippen LogP contribution in [-0.2, 0) is 19.0 Å². The number of nitrogens with zero attached hydrogens (tertiary/aromatic N) is 2. The number of rotatable bonds is 3. The minimum atomic E-state index is -0.591. The van der Waals surface area contributed by atoms with Crippen molar-refractivity contribution >= 4 is 11.7 Å². The van der Waals surface area contributed by atoms with Gasteiger partial charge < -0.3 is 19.1 Å². The van der Waals surface area contributed by atoms with Gasteiger partial charge in [0, 0.05) is 7.05 Å². The van der Waals surface area contributed by atoms with Crippen LogP contribution < -0.4 is 0 Å². The second-order valence-corrected chi connectivity index (χ2v) is 5.08. The maximum absolute atomic E-state index is 11.6. The molecule has 0 N–H and O–H groups in total. The highest BCUT2D eigenvalue weighted by Gasteiger charge is 2.34. The summed E-state index contributed by atoms with van der Waals surface area (Å²) in [6.45, 7) is 6.30. The molecule has 2 rings (SSSR count). The number of ether oxygens (including phenoxy) is 3. The number of aliphatic imine (C=N–C) groups is 1. The van der Waals surface area contributed by atoms with Gasteiger partial charge in [-0.1, -0.05) is 0 Å². The fourth-order valence-corrected chi connectivity index (χ4v) is 1.97. The number of hydrogen-bond acceptors (Lipinski definition) is 5. The fourth-order valence-electron chi connectivity index (χ4n) is 1.97. The van der Waals surface area contributed by atoms with Crippen molar-refractivity contribution in [3.05, 3.63) is 0 Å². The molecule has 2 heterocycles. The Balaban J connectivity index is 1.83. The summed E-state index contributed by atoms with van der Waals surface area (Å²) >= 11 is 0. The fraction of sp³-hybridized carbons (Fsp3) is 0.833. The first kappa shape index (κ1) is 13.5. The van der Waals surface area contributed by atoms with E-state index < -0.39 is 5.79 Å². The van der Waals surface area contributed by atoms with Crippen molar-refractivity contribution in [2.24, 2.45) is 4.99 Å². The average Bonchev–Trinajstić information content (AvgIpc) is 2.63. The van der Waals surface area contributed by atoms with Crippen LogP contribution >= 0.6 is 0 Å². The summed E-state index contributed by atoms with van der Waals surface area (Å²) < 4.78 is 16.5. The Kier molecular flexibility index (Phi) is 3.70. The molecule has 102 valence electrons. The van der Waals surface area contributed by atoms with Crippen LogP contribution in [-0.4, -0.2) is 55.0 Å². The molecular weight excluding hydrogens is 236 g/mol. The van der Waals surface area contributed by atoms with Crippen LogP contribution in [0.2, 0.25) is 0 Å². The van der Waals surface area contributed by atoms with E-state index in [1.165, 1.54) is 0 Å². The Labute approximate surface area is 107 Å². The van der Waals surface area contributed by atoms with Gasteiger partial charge in [0.1, 0.15) is 12.4 Å². The Hall–Kier alpha value is -0.980. The van der Waals surface area contributed by atoms with Crippen molar-refractivity contribution in [2.75, 3.05) is 20.3 Å². The number of amidine groups is 1. The molecule has 6 heteroatoms. The number of hydrogen-bond donors (Lipinski definition) is 0. The van der Waals surface area contributed by atoms with Crippen LogP contribution in [0.1, 0.15) is 27.2 Å². The maximum Gasteiger partial charge on any atom is 0.229 e. The van der Waals surface area contributed by atoms with E-state index in [0.29, 0.717) is 19.6 Å². The van der Waals surface area contributed by atoms with Gasteiger partial charge in [0.05, 0.1) is 19.1 Å². The van der Waals surface area contributed by atoms with E-state index in [-0.39, 0.29) is 18.2 Å². The van der Waals surface area contributed by atoms with Crippen molar-refractivity contribution in [1.29, 1.82) is 0 Å². The van der Waals surface area contributed by atoms with Crippen LogP contribution in [0, 0.1) is 0 Å². The lowest BCUT2D eigenvalue weighted by Gasteiger charge is -2.26. The molecule has 2 unspecified atom stereocenters. The van der Waals surface area contributed by atoms with Gasteiger partial charge in [-0.05, 0) is 20.8 Å². The molecule has 0 spiro atoms. The molecule has 6 nitrogen and oxygen atoms in total. The Morgan fingerprint density at radius 2 is 2.28 bits per heavy atom. The first-order valence-corrected chi connectivity index (χ1v) is 6.12. The van der Waals surface area contributed by atoms with Crippen LogP contribution in [0.25, 0.3) is 0 Å². The molecular formula is C12H20N2O4. The minimum Gasteiger partial charge on any atom is -0.348 e. The third-order valence-corrected chi connectivity index (χ3v) is 3.10. The third kappa shape index (κ3) is 3.07. The largest absolute Gasteiger partial charge is 0.348 e. The second kappa shape index (κ2) is 4.95. The number of amides is 1. The molecule has 0 radical (unpaired) electrons. The second-order valence-electron chi connectivity index (χ2n) is 5.08. The Morgan fingerprint density at radius 3 is 2.83 bits per heavy atom. The molecule has 2 aliphatic rings. The lowest BCUT2D eigenvalue weighted by atomic mass is 10.1. The van der Waals surface area contributed by atoms with Crippen LogP contribution in [0.3, 0.4) is 0 Å². The van der Waals surface area contributed by atoms with Gasteiger partial charge in [0.15, 0.2) is 12.1 Å². The number of carbonyl (C=O) groups excluding carboxylic acids is 1. The van der Waals surface area contributed by atoms with Crippen molar-refractivity contribution in [2.45, 2.75) is 45.3 Å². The number of carbonyl (C=O) groups is 1. The molecule has 1 amide bonds. The summed E-state index contributed by atoms with van der Waals surface area (Å²) in [6, 6.07) is -0.124. The van der Waals surface area contributed by atoms with Gasteiger partial charge in [-0.15, -0.1) is 0 Å². The molecule has 0 bridgehead atoms. The van der Waals surface area contributed by atoms with E-state index in [9.17, 15) is 4.79 Å². The Bertz CT molecular complexity index is 367. The lowest BCUT2D eigenvalue weighted by molar-refractivity contribution is -0.192. The first-order valence-electron chi connectivity index (χ1n) is 6.12. The van der Waals surface area contributed by atoms with Crippen molar-refractivity contribution in [3.8, 4) is 0 Å². The minimum absolute atomic E-state index is 0.0695. The molecule has 1 fully saturated rings. The van der Waals surface area contributed by atoms with Gasteiger partial charge in [-0.25, -0.2) is 0 Å². The van der Waals surface area contributed by atoms with Crippen LogP contribution in [0.4, 0.5) is 0 Å². The predicted octanol–water partition coefficient (Wildman–Crippen LogP) is 0.761. The van der Waals surface area contributed by atoms with Gasteiger partial charge in [0.2, 0.25) is 5.91 Å². The zero-order chi connectivity index (χ0) is 13.3. The molecule has 18 heavy (non-hydrogen) atoms. The van der Waals surface area contributed by atoms with E-state index >= 15 is 0 Å². The molecule has 0 saturated carbocycles. The zero-order valence-corrected chi connectivity index (χ0v) is 11.3. The normalized spacial score (nSPS) is 31.7. The summed E-state index contributed by atoms with van der Waals surface area (Å²) in [4.78, 5) is 17.6. The Morgan fingerprint density at radius 1 is 1.56 bits per heavy atom. The van der Waals surface area contributed by atoms with E-state index in [1.54, 1.807) is 11.9 Å². The molecule has 0 aromatic rings. The summed E-state index contributed by atoms with van der Waals surface area (Å²) in [6.07, 6.45) is 0.00965. The zero-order valence-electron chi connectivity index (χ0n) is 11.3. The van der Waals surface area contributed by atoms with Gasteiger partial charge in [-0.3, -0.25) is 9.79 Å². The molecule has 2 atom stereocenters. The summed E-state index contributed by atoms with van der Waals surface area (Å²) in [5, 5.41) is 0. The molecule has 0 aromatic carbocycles. The smallest absolute Gasteiger partial charge is 0.229 e. The van der Waals surface area contributed by atoms with Crippen molar-refractivity contribution < 1.29 is 19.0 Å². The summed E-state index contributed by atoms with van der Waals surface area (Å²) in [7, 11) is 1.73. The highest BCUT2D eigenvalue weighted by atomic mass is 16.8. The molecule has 0 aromatic heterocycles. The van der Waals surface area contributed by atoms with E-state index in [4.69, 9.17) is 14.2 Å². The van der Waals surface area contributed by atoms with Crippen molar-refractivity contribution in [3.63, 3.8) is 0 Å². The standard InChI is InChI=1S/C12H20N2O4/c1-8-13-9(5-10(15)14(8)4)6-16-11-7-17-12(2,3)18-11/h9,11H,5-7H2,1-4H3.